The van der Waals surface area contributed by atoms with Gasteiger partial charge in [-0.15, -0.1) is 0 Å². The Labute approximate surface area is 438 Å². The minimum Gasteiger partial charge on any atom is -0.456 e. The summed E-state index contributed by atoms with van der Waals surface area (Å²) < 4.78 is 26.4. The number of fused-ring (bicyclic) bond motifs is 14. The van der Waals surface area contributed by atoms with E-state index in [4.69, 9.17) is 17.7 Å². The first-order chi connectivity index (χ1) is 36.9. The predicted octanol–water partition coefficient (Wildman–Crippen LogP) is 21.0. The molecular formula is C70H52N2O4. The molecule has 6 nitrogen and oxygen atoms in total. The molecule has 0 N–H and O–H groups in total. The summed E-state index contributed by atoms with van der Waals surface area (Å²) in [4.78, 5) is 4.73. The van der Waals surface area contributed by atoms with Gasteiger partial charge in [-0.2, -0.15) is 0 Å². The van der Waals surface area contributed by atoms with Gasteiger partial charge >= 0.3 is 0 Å². The lowest BCUT2D eigenvalue weighted by atomic mass is 9.96. The number of benzene rings is 11. The van der Waals surface area contributed by atoms with Crippen LogP contribution in [0.2, 0.25) is 0 Å². The summed E-state index contributed by atoms with van der Waals surface area (Å²) in [7, 11) is 0. The largest absolute Gasteiger partial charge is 0.456 e. The summed E-state index contributed by atoms with van der Waals surface area (Å²) in [6, 6.07) is 61.4. The van der Waals surface area contributed by atoms with Crippen molar-refractivity contribution in [3.63, 3.8) is 0 Å². The van der Waals surface area contributed by atoms with Crippen LogP contribution in [0.4, 0.5) is 34.1 Å². The van der Waals surface area contributed by atoms with Crippen molar-refractivity contribution in [1.82, 2.24) is 0 Å². The Morgan fingerprint density at radius 1 is 0.250 bits per heavy atom. The zero-order valence-electron chi connectivity index (χ0n) is 43.7. The summed E-state index contributed by atoms with van der Waals surface area (Å²) >= 11 is 0. The number of hydrogen-bond donors (Lipinski definition) is 0. The maximum absolute atomic E-state index is 6.95. The predicted molar refractivity (Wildman–Crippen MR) is 318 cm³/mol. The van der Waals surface area contributed by atoms with Gasteiger partial charge in [-0.3, -0.25) is 0 Å². The molecule has 11 aromatic carbocycles. The van der Waals surface area contributed by atoms with Gasteiger partial charge in [0.1, 0.15) is 44.7 Å². The molecule has 0 saturated heterocycles. The minimum absolute atomic E-state index is 0.851. The van der Waals surface area contributed by atoms with Crippen LogP contribution >= 0.6 is 0 Å². The summed E-state index contributed by atoms with van der Waals surface area (Å²) in [5, 5.41) is 13.3. The molecule has 0 fully saturated rings. The highest BCUT2D eigenvalue weighted by atomic mass is 16.3. The van der Waals surface area contributed by atoms with Crippen LogP contribution in [0.15, 0.2) is 188 Å². The first-order valence-corrected chi connectivity index (χ1v) is 26.2. The lowest BCUT2D eigenvalue weighted by Gasteiger charge is -2.27. The second kappa shape index (κ2) is 16.1. The summed E-state index contributed by atoms with van der Waals surface area (Å²) in [5.74, 6) is 0. The molecule has 4 aromatic heterocycles. The zero-order chi connectivity index (χ0) is 51.4. The molecule has 0 unspecified atom stereocenters. The fraction of sp³-hybridized carbons (Fsp3) is 0.114. The van der Waals surface area contributed by atoms with E-state index in [0.717, 1.165) is 155 Å². The Morgan fingerprint density at radius 2 is 0.632 bits per heavy atom. The SMILES string of the molecule is Cc1cc(N(c2ccc3cc4c(cc3c2)oc2c(C)c3oc5cc6cc(N(c7cc(C)c(C)c(C)c7)c7ccc8oc9ccccc9c8c7)ccc6cc5c3c(C)c24)c2ccc3oc4ccccc4c3c2)cc(C)c1C. The van der Waals surface area contributed by atoms with Gasteiger partial charge < -0.3 is 27.5 Å². The molecule has 76 heavy (non-hydrogen) atoms. The number of anilines is 6. The number of aryl methyl sites for hydroxylation is 6. The molecule has 15 rings (SSSR count). The lowest BCUT2D eigenvalue weighted by molar-refractivity contribution is 0.651. The number of para-hydroxylation sites is 2. The molecule has 0 saturated carbocycles. The first kappa shape index (κ1) is 44.2. The Balaban J connectivity index is 0.855. The number of nitrogens with zero attached hydrogens (tertiary/aromatic N) is 2. The Kier molecular flexibility index (Phi) is 9.38. The molecule has 4 heterocycles. The second-order valence-corrected chi connectivity index (χ2v) is 21.3. The van der Waals surface area contributed by atoms with Gasteiger partial charge in [0.2, 0.25) is 0 Å². The van der Waals surface area contributed by atoms with Gasteiger partial charge in [-0.25, -0.2) is 0 Å². The number of furan rings is 4. The zero-order valence-corrected chi connectivity index (χ0v) is 43.7. The fourth-order valence-electron chi connectivity index (χ4n) is 12.3. The minimum atomic E-state index is 0.851. The topological polar surface area (TPSA) is 59.0 Å². The van der Waals surface area contributed by atoms with Crippen molar-refractivity contribution >= 4 is 143 Å². The third-order valence-electron chi connectivity index (χ3n) is 16.8. The van der Waals surface area contributed by atoms with Crippen molar-refractivity contribution in [3.05, 3.63) is 214 Å². The van der Waals surface area contributed by atoms with E-state index in [1.54, 1.807) is 0 Å². The highest BCUT2D eigenvalue weighted by Gasteiger charge is 2.24. The van der Waals surface area contributed by atoms with Crippen molar-refractivity contribution in [2.24, 2.45) is 0 Å². The number of hydrogen-bond acceptors (Lipinski definition) is 6. The molecule has 0 spiro atoms. The monoisotopic (exact) mass is 984 g/mol. The van der Waals surface area contributed by atoms with Crippen LogP contribution in [-0.4, -0.2) is 0 Å². The first-order valence-electron chi connectivity index (χ1n) is 26.2. The van der Waals surface area contributed by atoms with Crippen LogP contribution in [-0.2, 0) is 0 Å². The smallest absolute Gasteiger partial charge is 0.142 e. The third-order valence-corrected chi connectivity index (χ3v) is 16.8. The van der Waals surface area contributed by atoms with Crippen LogP contribution in [0.3, 0.4) is 0 Å². The third kappa shape index (κ3) is 6.53. The summed E-state index contributed by atoms with van der Waals surface area (Å²) in [6.07, 6.45) is 0. The lowest BCUT2D eigenvalue weighted by Crippen LogP contribution is -2.11. The van der Waals surface area contributed by atoms with E-state index in [1.165, 1.54) is 33.4 Å². The highest BCUT2D eigenvalue weighted by molar-refractivity contribution is 6.22. The maximum Gasteiger partial charge on any atom is 0.142 e. The standard InChI is InChI=1S/C70H52N2O4/c1-37-25-53(26-38(2)41(37)5)71(51-21-23-63-57(35-51)55-13-9-11-15-61(55)73-63)49-19-17-45-31-59-65(33-47(45)29-49)75-69-44(8)70-68(43(7)67(59)69)60-32-46-18-20-50(30-48(46)34-66(60)76-70)72(54-27-39(3)42(6)40(4)28-54)52-22-24-64-58(36-52)56-14-10-12-16-62(56)74-64/h9-36H,1-8H3. The Hall–Kier alpha value is -9.26. The molecule has 0 aliphatic heterocycles. The molecule has 0 amide bonds. The van der Waals surface area contributed by atoms with Crippen molar-refractivity contribution < 1.29 is 17.7 Å². The van der Waals surface area contributed by atoms with E-state index in [-0.39, 0.29) is 0 Å². The fourth-order valence-corrected chi connectivity index (χ4v) is 12.3. The van der Waals surface area contributed by atoms with Crippen molar-refractivity contribution in [2.45, 2.75) is 55.4 Å². The van der Waals surface area contributed by atoms with E-state index in [9.17, 15) is 0 Å². The van der Waals surface area contributed by atoms with Crippen LogP contribution < -0.4 is 9.80 Å². The molecule has 15 aromatic rings. The molecule has 0 bridgehead atoms. The van der Waals surface area contributed by atoms with Gasteiger partial charge in [0.15, 0.2) is 0 Å². The van der Waals surface area contributed by atoms with E-state index < -0.39 is 0 Å². The molecule has 0 radical (unpaired) electrons. The van der Waals surface area contributed by atoms with E-state index in [0.29, 0.717) is 0 Å². The van der Waals surface area contributed by atoms with Gasteiger partial charge in [0.25, 0.3) is 0 Å². The average Bonchev–Trinajstić information content (AvgIpc) is 4.21. The average molecular weight is 985 g/mol. The Bertz CT molecular complexity index is 4640. The van der Waals surface area contributed by atoms with Crippen molar-refractivity contribution in [3.8, 4) is 0 Å². The van der Waals surface area contributed by atoms with Gasteiger partial charge in [-0.05, 0) is 237 Å². The number of rotatable bonds is 6. The van der Waals surface area contributed by atoms with E-state index in [2.05, 4.69) is 211 Å². The van der Waals surface area contributed by atoms with Gasteiger partial charge in [0, 0.05) is 82.8 Å². The Morgan fingerprint density at radius 3 is 1.07 bits per heavy atom. The molecule has 0 atom stereocenters. The molecule has 0 aliphatic carbocycles. The van der Waals surface area contributed by atoms with E-state index in [1.807, 2.05) is 24.3 Å². The normalized spacial score (nSPS) is 12.2. The van der Waals surface area contributed by atoms with Gasteiger partial charge in [-0.1, -0.05) is 48.5 Å². The second-order valence-electron chi connectivity index (χ2n) is 21.3. The summed E-state index contributed by atoms with van der Waals surface area (Å²) in [6.45, 7) is 17.6. The van der Waals surface area contributed by atoms with E-state index >= 15 is 0 Å². The van der Waals surface area contributed by atoms with Crippen LogP contribution in [0.1, 0.15) is 44.5 Å². The van der Waals surface area contributed by atoms with Crippen molar-refractivity contribution in [1.29, 1.82) is 0 Å². The molecule has 0 aliphatic rings. The van der Waals surface area contributed by atoms with Crippen LogP contribution in [0, 0.1) is 55.4 Å². The summed E-state index contributed by atoms with van der Waals surface area (Å²) in [5.41, 5.74) is 23.2. The van der Waals surface area contributed by atoms with Crippen LogP contribution in [0.25, 0.3) is 109 Å². The molecule has 366 valence electrons. The van der Waals surface area contributed by atoms with Crippen molar-refractivity contribution in [2.75, 3.05) is 9.80 Å². The maximum atomic E-state index is 6.95. The highest BCUT2D eigenvalue weighted by Crippen LogP contribution is 2.47. The molecular weight excluding hydrogens is 933 g/mol. The van der Waals surface area contributed by atoms with Gasteiger partial charge in [0.05, 0.1) is 0 Å². The quantitative estimate of drug-likeness (QED) is 0.165. The van der Waals surface area contributed by atoms with Crippen LogP contribution in [0.5, 0.6) is 0 Å². The molecule has 6 heteroatoms.